The number of hydrogen-bond donors (Lipinski definition) is 0. The minimum atomic E-state index is -5.02. The quantitative estimate of drug-likeness (QED) is 0.375. The Kier molecular flexibility index (Phi) is 3.88. The minimum Gasteiger partial charge on any atom is -0.203 e. The lowest BCUT2D eigenvalue weighted by molar-refractivity contribution is -0.137. The first kappa shape index (κ1) is 16.3. The van der Waals surface area contributed by atoms with Gasteiger partial charge in [0, 0.05) is 5.56 Å². The molecule has 0 radical (unpaired) electrons. The van der Waals surface area contributed by atoms with Gasteiger partial charge >= 0.3 is 6.18 Å². The van der Waals surface area contributed by atoms with Gasteiger partial charge in [-0.2, -0.15) is 13.2 Å². The lowest BCUT2D eigenvalue weighted by Crippen LogP contribution is -2.11. The molecule has 8 heteroatoms. The lowest BCUT2D eigenvalue weighted by atomic mass is 9.96. The summed E-state index contributed by atoms with van der Waals surface area (Å²) in [6, 6.07) is 2.24. The first-order valence-corrected chi connectivity index (χ1v) is 5.75. The molecule has 118 valence electrons. The van der Waals surface area contributed by atoms with Crippen molar-refractivity contribution in [2.75, 3.05) is 0 Å². The monoisotopic (exact) mass is 326 g/mol. The third-order valence-corrected chi connectivity index (χ3v) is 2.96. The smallest absolute Gasteiger partial charge is 0.203 e. The van der Waals surface area contributed by atoms with Crippen molar-refractivity contribution >= 4 is 0 Å². The zero-order valence-electron chi connectivity index (χ0n) is 10.8. The molecule has 22 heavy (non-hydrogen) atoms. The van der Waals surface area contributed by atoms with Crippen LogP contribution in [0.2, 0.25) is 0 Å². The average molecular weight is 326 g/mol. The molecule has 0 aliphatic rings. The minimum absolute atomic E-state index is 0.159. The zero-order valence-corrected chi connectivity index (χ0v) is 10.8. The maximum absolute atomic E-state index is 13.7. The Balaban J connectivity index is 2.92. The van der Waals surface area contributed by atoms with Crippen molar-refractivity contribution in [3.8, 4) is 11.1 Å². The number of halogens is 8. The highest BCUT2D eigenvalue weighted by Crippen LogP contribution is 2.40. The summed E-state index contributed by atoms with van der Waals surface area (Å²) in [6.45, 7) is 1.32. The van der Waals surface area contributed by atoms with E-state index in [1.165, 1.54) is 6.92 Å². The maximum Gasteiger partial charge on any atom is 0.417 e. The number of rotatable bonds is 1. The van der Waals surface area contributed by atoms with Crippen LogP contribution < -0.4 is 0 Å². The highest BCUT2D eigenvalue weighted by Gasteiger charge is 2.36. The summed E-state index contributed by atoms with van der Waals surface area (Å²) in [7, 11) is 0. The van der Waals surface area contributed by atoms with Gasteiger partial charge in [0.1, 0.15) is 0 Å². The van der Waals surface area contributed by atoms with Gasteiger partial charge < -0.3 is 0 Å². The number of alkyl halides is 3. The third-order valence-electron chi connectivity index (χ3n) is 2.96. The Labute approximate surface area is 119 Å². The van der Waals surface area contributed by atoms with Crippen LogP contribution in [0, 0.1) is 36.0 Å². The van der Waals surface area contributed by atoms with E-state index in [1.54, 1.807) is 0 Å². The van der Waals surface area contributed by atoms with E-state index in [4.69, 9.17) is 0 Å². The molecule has 0 bridgehead atoms. The van der Waals surface area contributed by atoms with E-state index in [0.29, 0.717) is 12.1 Å². The Bertz CT molecular complexity index is 716. The first-order valence-electron chi connectivity index (χ1n) is 5.75. The predicted octanol–water partition coefficient (Wildman–Crippen LogP) is 5.38. The molecule has 0 aromatic heterocycles. The topological polar surface area (TPSA) is 0 Å². The zero-order chi connectivity index (χ0) is 16.8. The van der Waals surface area contributed by atoms with Crippen LogP contribution in [0.25, 0.3) is 11.1 Å². The fourth-order valence-electron chi connectivity index (χ4n) is 1.95. The third kappa shape index (κ3) is 2.53. The average Bonchev–Trinajstić information content (AvgIpc) is 2.42. The van der Waals surface area contributed by atoms with Gasteiger partial charge in [-0.3, -0.25) is 0 Å². The van der Waals surface area contributed by atoms with Gasteiger partial charge in [-0.05, 0) is 13.0 Å². The van der Waals surface area contributed by atoms with Crippen molar-refractivity contribution in [1.82, 2.24) is 0 Å². The molecule has 0 saturated heterocycles. The summed E-state index contributed by atoms with van der Waals surface area (Å²) >= 11 is 0. The highest BCUT2D eigenvalue weighted by molar-refractivity contribution is 5.70. The van der Waals surface area contributed by atoms with Crippen LogP contribution in [0.3, 0.4) is 0 Å². The largest absolute Gasteiger partial charge is 0.417 e. The lowest BCUT2D eigenvalue weighted by Gasteiger charge is -2.15. The Hall–Kier alpha value is -2.12. The molecule has 2 aromatic rings. The Morgan fingerprint density at radius 3 is 1.64 bits per heavy atom. The highest BCUT2D eigenvalue weighted by atomic mass is 19.4. The molecule has 2 aromatic carbocycles. The summed E-state index contributed by atoms with van der Waals surface area (Å²) in [5.41, 5.74) is -4.05. The molecular formula is C14H6F8. The normalized spacial score (nSPS) is 11.9. The van der Waals surface area contributed by atoms with Crippen molar-refractivity contribution in [3.05, 3.63) is 58.4 Å². The predicted molar refractivity (Wildman–Crippen MR) is 61.4 cm³/mol. The van der Waals surface area contributed by atoms with Crippen molar-refractivity contribution in [2.45, 2.75) is 13.1 Å². The van der Waals surface area contributed by atoms with Crippen LogP contribution in [0.1, 0.15) is 11.1 Å². The van der Waals surface area contributed by atoms with Crippen molar-refractivity contribution in [2.24, 2.45) is 0 Å². The van der Waals surface area contributed by atoms with Crippen LogP contribution in [0.15, 0.2) is 18.2 Å². The van der Waals surface area contributed by atoms with Crippen molar-refractivity contribution in [1.29, 1.82) is 0 Å². The summed E-state index contributed by atoms with van der Waals surface area (Å²) in [6.07, 6.45) is -5.02. The second-order valence-corrected chi connectivity index (χ2v) is 4.49. The molecule has 0 aliphatic carbocycles. The second-order valence-electron chi connectivity index (χ2n) is 4.49. The summed E-state index contributed by atoms with van der Waals surface area (Å²) in [5, 5.41) is 0. The van der Waals surface area contributed by atoms with E-state index in [1.807, 2.05) is 0 Å². The molecule has 0 nitrogen and oxygen atoms in total. The van der Waals surface area contributed by atoms with Crippen LogP contribution in [0.4, 0.5) is 35.1 Å². The SMILES string of the molecule is Cc1ccc(C(F)(F)F)c(-c2c(F)c(F)c(F)c(F)c2F)c1. The van der Waals surface area contributed by atoms with Gasteiger partial charge in [0.15, 0.2) is 23.3 Å². The fourth-order valence-corrected chi connectivity index (χ4v) is 1.95. The van der Waals surface area contributed by atoms with E-state index in [2.05, 4.69) is 0 Å². The number of hydrogen-bond acceptors (Lipinski definition) is 0. The Morgan fingerprint density at radius 1 is 0.727 bits per heavy atom. The van der Waals surface area contributed by atoms with E-state index < -0.39 is 52.0 Å². The van der Waals surface area contributed by atoms with Gasteiger partial charge in [-0.15, -0.1) is 0 Å². The number of aryl methyl sites for hydroxylation is 1. The molecule has 0 spiro atoms. The molecule has 0 aliphatic heterocycles. The fraction of sp³-hybridized carbons (Fsp3) is 0.143. The standard InChI is InChI=1S/C14H6F8/c1-5-2-3-7(14(20,21)22)6(4-5)8-9(15)11(17)13(19)12(18)10(8)16/h2-4H,1H3. The Morgan fingerprint density at radius 2 is 1.18 bits per heavy atom. The molecule has 0 unspecified atom stereocenters. The van der Waals surface area contributed by atoms with Gasteiger partial charge in [0.2, 0.25) is 5.82 Å². The van der Waals surface area contributed by atoms with Gasteiger partial charge in [-0.25, -0.2) is 22.0 Å². The van der Waals surface area contributed by atoms with Crippen LogP contribution >= 0.6 is 0 Å². The van der Waals surface area contributed by atoms with Gasteiger partial charge in [-0.1, -0.05) is 17.7 Å². The molecule has 0 N–H and O–H groups in total. The molecule has 0 fully saturated rings. The van der Waals surface area contributed by atoms with Crippen LogP contribution in [-0.2, 0) is 6.18 Å². The molecule has 2 rings (SSSR count). The van der Waals surface area contributed by atoms with E-state index >= 15 is 0 Å². The van der Waals surface area contributed by atoms with Gasteiger partial charge in [0.05, 0.1) is 11.1 Å². The second kappa shape index (κ2) is 5.26. The summed E-state index contributed by atoms with van der Waals surface area (Å²) in [4.78, 5) is 0. The molecule has 0 heterocycles. The molecule has 0 atom stereocenters. The van der Waals surface area contributed by atoms with Crippen molar-refractivity contribution < 1.29 is 35.1 Å². The van der Waals surface area contributed by atoms with E-state index in [-0.39, 0.29) is 5.56 Å². The van der Waals surface area contributed by atoms with Crippen LogP contribution in [0.5, 0.6) is 0 Å². The van der Waals surface area contributed by atoms with E-state index in [0.717, 1.165) is 6.07 Å². The van der Waals surface area contributed by atoms with E-state index in [9.17, 15) is 35.1 Å². The molecule has 0 saturated carbocycles. The van der Waals surface area contributed by atoms with Gasteiger partial charge in [0.25, 0.3) is 0 Å². The summed E-state index contributed by atoms with van der Waals surface area (Å²) < 4.78 is 105. The van der Waals surface area contributed by atoms with Crippen molar-refractivity contribution in [3.63, 3.8) is 0 Å². The maximum atomic E-state index is 13.7. The summed E-state index contributed by atoms with van der Waals surface area (Å²) in [5.74, 6) is -11.7. The van der Waals surface area contributed by atoms with Crippen LogP contribution in [-0.4, -0.2) is 0 Å². The first-order chi connectivity index (χ1) is 10.1. The number of benzene rings is 2. The molecular weight excluding hydrogens is 320 g/mol. The molecule has 0 amide bonds.